The molecular weight excluding hydrogens is 470 g/mol. The van der Waals surface area contributed by atoms with E-state index in [2.05, 4.69) is 21.2 Å². The molecule has 2 aromatic carbocycles. The first-order chi connectivity index (χ1) is 14.9. The maximum Gasteiger partial charge on any atom is 0.269 e. The maximum absolute atomic E-state index is 13.8. The summed E-state index contributed by atoms with van der Waals surface area (Å²) < 4.78 is 34.4. The topological polar surface area (TPSA) is 63.5 Å². The van der Waals surface area contributed by atoms with E-state index in [1.165, 1.54) is 6.07 Å². The molecule has 0 spiro atoms. The summed E-state index contributed by atoms with van der Waals surface area (Å²) in [6.45, 7) is 3.35. The standard InChI is InChI=1S/C23H23BrF2N2O3/c1-15-10-21(31-14-18-6-7-19(25)11-20(18)26)22(24)23(30)28(15)13-17-4-2-16(3-5-17)12-27-8-9-29/h2-7,10-11,27,29H,8-9,12-14H2,1H3. The number of nitrogens with one attached hydrogen (secondary N) is 1. The first-order valence-corrected chi connectivity index (χ1v) is 10.5. The summed E-state index contributed by atoms with van der Waals surface area (Å²) in [4.78, 5) is 12.9. The molecular formula is C23H23BrF2N2O3. The first-order valence-electron chi connectivity index (χ1n) is 9.75. The molecule has 31 heavy (non-hydrogen) atoms. The van der Waals surface area contributed by atoms with Crippen LogP contribution in [0.2, 0.25) is 0 Å². The third-order valence-electron chi connectivity index (χ3n) is 4.79. The molecule has 0 saturated carbocycles. The zero-order valence-corrected chi connectivity index (χ0v) is 18.6. The largest absolute Gasteiger partial charge is 0.487 e. The quantitative estimate of drug-likeness (QED) is 0.444. The van der Waals surface area contributed by atoms with E-state index in [0.717, 1.165) is 23.3 Å². The number of rotatable bonds is 9. The Morgan fingerprint density at radius 2 is 1.81 bits per heavy atom. The number of hydrogen-bond donors (Lipinski definition) is 2. The summed E-state index contributed by atoms with van der Waals surface area (Å²) in [5.41, 5.74) is 2.67. The Morgan fingerprint density at radius 3 is 2.48 bits per heavy atom. The zero-order chi connectivity index (χ0) is 22.4. The highest BCUT2D eigenvalue weighted by Gasteiger charge is 2.14. The summed E-state index contributed by atoms with van der Waals surface area (Å²) in [5.74, 6) is -1.06. The normalized spacial score (nSPS) is 11.0. The number of aryl methyl sites for hydroxylation is 1. The van der Waals surface area contributed by atoms with E-state index in [-0.39, 0.29) is 28.8 Å². The molecule has 0 aliphatic carbocycles. The lowest BCUT2D eigenvalue weighted by Crippen LogP contribution is -2.24. The predicted octanol–water partition coefficient (Wildman–Crippen LogP) is 3.91. The fourth-order valence-corrected chi connectivity index (χ4v) is 3.51. The van der Waals surface area contributed by atoms with E-state index < -0.39 is 11.6 Å². The van der Waals surface area contributed by atoms with Gasteiger partial charge in [0.2, 0.25) is 0 Å². The van der Waals surface area contributed by atoms with Gasteiger partial charge in [0.15, 0.2) is 0 Å². The molecule has 0 fully saturated rings. The van der Waals surface area contributed by atoms with Crippen molar-refractivity contribution in [1.29, 1.82) is 0 Å². The predicted molar refractivity (Wildman–Crippen MR) is 118 cm³/mol. The van der Waals surface area contributed by atoms with Gasteiger partial charge in [-0.1, -0.05) is 24.3 Å². The van der Waals surface area contributed by atoms with Gasteiger partial charge in [-0.15, -0.1) is 0 Å². The number of aliphatic hydroxyl groups is 1. The summed E-state index contributed by atoms with van der Waals surface area (Å²) in [6.07, 6.45) is 0. The average Bonchev–Trinajstić information content (AvgIpc) is 2.75. The van der Waals surface area contributed by atoms with Crippen molar-refractivity contribution < 1.29 is 18.6 Å². The van der Waals surface area contributed by atoms with Gasteiger partial charge >= 0.3 is 0 Å². The van der Waals surface area contributed by atoms with E-state index in [1.807, 2.05) is 24.3 Å². The molecule has 0 aliphatic rings. The number of halogens is 3. The zero-order valence-electron chi connectivity index (χ0n) is 17.0. The highest BCUT2D eigenvalue weighted by Crippen LogP contribution is 2.24. The van der Waals surface area contributed by atoms with Crippen LogP contribution in [-0.4, -0.2) is 22.8 Å². The van der Waals surface area contributed by atoms with E-state index >= 15 is 0 Å². The van der Waals surface area contributed by atoms with E-state index in [9.17, 15) is 13.6 Å². The molecule has 2 N–H and O–H groups in total. The van der Waals surface area contributed by atoms with Crippen LogP contribution >= 0.6 is 15.9 Å². The number of aromatic nitrogens is 1. The molecule has 1 aromatic heterocycles. The van der Waals surface area contributed by atoms with Crippen molar-refractivity contribution in [3.05, 3.63) is 97.4 Å². The van der Waals surface area contributed by atoms with Gasteiger partial charge in [0.25, 0.3) is 5.56 Å². The second-order valence-electron chi connectivity index (χ2n) is 7.10. The highest BCUT2D eigenvalue weighted by molar-refractivity contribution is 9.10. The first kappa shape index (κ1) is 23.1. The van der Waals surface area contributed by atoms with Crippen LogP contribution in [0.1, 0.15) is 22.4 Å². The Bertz CT molecular complexity index is 1100. The van der Waals surface area contributed by atoms with E-state index in [4.69, 9.17) is 9.84 Å². The van der Waals surface area contributed by atoms with Crippen molar-refractivity contribution in [3.8, 4) is 5.75 Å². The third kappa shape index (κ3) is 6.00. The molecule has 0 atom stereocenters. The fraction of sp³-hybridized carbons (Fsp3) is 0.261. The van der Waals surface area contributed by atoms with Crippen molar-refractivity contribution in [1.82, 2.24) is 9.88 Å². The van der Waals surface area contributed by atoms with Gasteiger partial charge in [0.05, 0.1) is 13.2 Å². The summed E-state index contributed by atoms with van der Waals surface area (Å²) >= 11 is 3.29. The minimum Gasteiger partial charge on any atom is -0.487 e. The smallest absolute Gasteiger partial charge is 0.269 e. The minimum atomic E-state index is -0.698. The minimum absolute atomic E-state index is 0.0910. The molecule has 5 nitrogen and oxygen atoms in total. The van der Waals surface area contributed by atoms with Crippen molar-refractivity contribution >= 4 is 15.9 Å². The van der Waals surface area contributed by atoms with Crippen LogP contribution < -0.4 is 15.6 Å². The highest BCUT2D eigenvalue weighted by atomic mass is 79.9. The average molecular weight is 493 g/mol. The van der Waals surface area contributed by atoms with Gasteiger partial charge < -0.3 is 19.7 Å². The van der Waals surface area contributed by atoms with Gasteiger partial charge in [-0.05, 0) is 46.1 Å². The molecule has 3 rings (SSSR count). The molecule has 0 unspecified atom stereocenters. The van der Waals surface area contributed by atoms with Crippen LogP contribution in [0.4, 0.5) is 8.78 Å². The second-order valence-corrected chi connectivity index (χ2v) is 7.89. The number of ether oxygens (including phenoxy) is 1. The summed E-state index contributed by atoms with van der Waals surface area (Å²) in [6, 6.07) is 12.8. The van der Waals surface area contributed by atoms with Gasteiger partial charge in [-0.2, -0.15) is 0 Å². The second kappa shape index (κ2) is 10.7. The molecule has 0 aliphatic heterocycles. The number of pyridine rings is 1. The van der Waals surface area contributed by atoms with Crippen molar-refractivity contribution in [2.24, 2.45) is 0 Å². The molecule has 164 valence electrons. The maximum atomic E-state index is 13.8. The molecule has 3 aromatic rings. The summed E-state index contributed by atoms with van der Waals surface area (Å²) in [7, 11) is 0. The van der Waals surface area contributed by atoms with Crippen LogP contribution in [0.5, 0.6) is 5.75 Å². The molecule has 8 heteroatoms. The Morgan fingerprint density at radius 1 is 1.10 bits per heavy atom. The Labute approximate surface area is 187 Å². The molecule has 0 saturated heterocycles. The van der Waals surface area contributed by atoms with Crippen molar-refractivity contribution in [3.63, 3.8) is 0 Å². The van der Waals surface area contributed by atoms with Crippen molar-refractivity contribution in [2.75, 3.05) is 13.2 Å². The number of hydrogen-bond acceptors (Lipinski definition) is 4. The van der Waals surface area contributed by atoms with Gasteiger partial charge in [-0.3, -0.25) is 4.79 Å². The van der Waals surface area contributed by atoms with Gasteiger partial charge in [0, 0.05) is 36.5 Å². The summed E-state index contributed by atoms with van der Waals surface area (Å²) in [5, 5.41) is 11.9. The molecule has 0 amide bonds. The SMILES string of the molecule is Cc1cc(OCc2ccc(F)cc2F)c(Br)c(=O)n1Cc1ccc(CNCCO)cc1. The fourth-order valence-electron chi connectivity index (χ4n) is 3.07. The third-order valence-corrected chi connectivity index (χ3v) is 5.52. The van der Waals surface area contributed by atoms with Crippen LogP contribution in [0.25, 0.3) is 0 Å². The van der Waals surface area contributed by atoms with Crippen LogP contribution in [0.15, 0.2) is 57.8 Å². The Kier molecular flexibility index (Phi) is 7.95. The lowest BCUT2D eigenvalue weighted by molar-refractivity contribution is 0.292. The van der Waals surface area contributed by atoms with Crippen LogP contribution in [-0.2, 0) is 19.7 Å². The Balaban J connectivity index is 1.73. The van der Waals surface area contributed by atoms with Gasteiger partial charge in [-0.25, -0.2) is 8.78 Å². The molecule has 1 heterocycles. The number of nitrogens with zero attached hydrogens (tertiary/aromatic N) is 1. The number of benzene rings is 2. The monoisotopic (exact) mass is 492 g/mol. The van der Waals surface area contributed by atoms with Gasteiger partial charge in [0.1, 0.15) is 28.5 Å². The molecule has 0 bridgehead atoms. The number of aliphatic hydroxyl groups excluding tert-OH is 1. The Hall–Kier alpha value is -2.55. The van der Waals surface area contributed by atoms with Crippen LogP contribution in [0, 0.1) is 18.6 Å². The lowest BCUT2D eigenvalue weighted by atomic mass is 10.1. The lowest BCUT2D eigenvalue weighted by Gasteiger charge is -2.15. The van der Waals surface area contributed by atoms with Crippen molar-refractivity contribution in [2.45, 2.75) is 26.6 Å². The van der Waals surface area contributed by atoms with E-state index in [1.54, 1.807) is 17.6 Å². The van der Waals surface area contributed by atoms with E-state index in [0.29, 0.717) is 31.1 Å². The molecule has 0 radical (unpaired) electrons. The van der Waals surface area contributed by atoms with Crippen LogP contribution in [0.3, 0.4) is 0 Å².